The first-order valence-electron chi connectivity index (χ1n) is 7.97. The largest absolute Gasteiger partial charge is 0.496 e. The lowest BCUT2D eigenvalue weighted by atomic mass is 9.82. The van der Waals surface area contributed by atoms with Crippen LogP contribution in [0.3, 0.4) is 0 Å². The Morgan fingerprint density at radius 2 is 2.00 bits per heavy atom. The van der Waals surface area contributed by atoms with Gasteiger partial charge in [-0.3, -0.25) is 4.79 Å². The van der Waals surface area contributed by atoms with Gasteiger partial charge in [-0.05, 0) is 50.4 Å². The Balaban J connectivity index is 1.63. The van der Waals surface area contributed by atoms with Crippen LogP contribution in [0.15, 0.2) is 18.2 Å². The molecular formula is C17H22N2O2. The molecule has 0 aromatic heterocycles. The molecule has 0 N–H and O–H groups in total. The van der Waals surface area contributed by atoms with Crippen LogP contribution in [0.1, 0.15) is 28.8 Å². The van der Waals surface area contributed by atoms with Crippen LogP contribution in [0.25, 0.3) is 0 Å². The Hall–Kier alpha value is -1.55. The fourth-order valence-corrected chi connectivity index (χ4v) is 4.31. The van der Waals surface area contributed by atoms with Gasteiger partial charge in [-0.25, -0.2) is 0 Å². The average molecular weight is 286 g/mol. The molecule has 4 aliphatic rings. The number of nitrogens with zero attached hydrogens (tertiary/aromatic N) is 2. The van der Waals surface area contributed by atoms with Gasteiger partial charge in [0.25, 0.3) is 5.91 Å². The number of methoxy groups -OCH3 is 1. The number of fused-ring (bicyclic) bond motifs is 4. The van der Waals surface area contributed by atoms with E-state index in [1.165, 1.54) is 25.9 Å². The van der Waals surface area contributed by atoms with E-state index in [1.807, 2.05) is 18.2 Å². The third-order valence-electron chi connectivity index (χ3n) is 5.47. The Labute approximate surface area is 125 Å². The van der Waals surface area contributed by atoms with Gasteiger partial charge in [-0.2, -0.15) is 0 Å². The number of ether oxygens (including phenoxy) is 1. The van der Waals surface area contributed by atoms with Gasteiger partial charge in [-0.15, -0.1) is 0 Å². The van der Waals surface area contributed by atoms with Crippen LogP contribution in [-0.4, -0.2) is 55.0 Å². The highest BCUT2D eigenvalue weighted by atomic mass is 16.5. The van der Waals surface area contributed by atoms with E-state index in [0.717, 1.165) is 36.4 Å². The minimum absolute atomic E-state index is 0.203. The Bertz CT molecular complexity index is 564. The number of carbonyl (C=O) groups is 1. The fraction of sp³-hybridized carbons (Fsp3) is 0.588. The summed E-state index contributed by atoms with van der Waals surface area (Å²) in [4.78, 5) is 17.6. The normalized spacial score (nSPS) is 31.2. The van der Waals surface area contributed by atoms with Crippen LogP contribution >= 0.6 is 0 Å². The second-order valence-corrected chi connectivity index (χ2v) is 6.44. The van der Waals surface area contributed by atoms with Crippen molar-refractivity contribution in [1.29, 1.82) is 0 Å². The monoisotopic (exact) mass is 286 g/mol. The number of amides is 1. The zero-order valence-corrected chi connectivity index (χ0v) is 12.5. The predicted octanol–water partition coefficient (Wildman–Crippen LogP) is 1.79. The van der Waals surface area contributed by atoms with Crippen LogP contribution in [-0.2, 0) is 6.42 Å². The Kier molecular flexibility index (Phi) is 3.14. The standard InChI is InChI=1S/C17H22N2O2/c1-21-16-4-2-3-14-13(16)7-10-19(17(14)20)15-11-18-8-5-12(15)6-9-18/h2-4,12,15H,5-11H2,1H3. The molecule has 4 aliphatic heterocycles. The molecule has 4 heteroatoms. The average Bonchev–Trinajstić information content (AvgIpc) is 2.56. The second kappa shape index (κ2) is 5.02. The van der Waals surface area contributed by atoms with Gasteiger partial charge < -0.3 is 14.5 Å². The minimum Gasteiger partial charge on any atom is -0.496 e. The molecule has 3 saturated heterocycles. The van der Waals surface area contributed by atoms with E-state index in [2.05, 4.69) is 9.80 Å². The zero-order valence-electron chi connectivity index (χ0n) is 12.5. The van der Waals surface area contributed by atoms with Gasteiger partial charge in [0, 0.05) is 30.3 Å². The first-order valence-corrected chi connectivity index (χ1v) is 7.97. The molecule has 1 aromatic rings. The van der Waals surface area contributed by atoms with E-state index in [4.69, 9.17) is 4.74 Å². The maximum atomic E-state index is 12.9. The van der Waals surface area contributed by atoms with Gasteiger partial charge in [-0.1, -0.05) is 6.07 Å². The SMILES string of the molecule is COc1cccc2c1CCN(C1CN3CCC1CC3)C2=O. The highest BCUT2D eigenvalue weighted by Gasteiger charge is 2.41. The topological polar surface area (TPSA) is 32.8 Å². The molecule has 1 amide bonds. The summed E-state index contributed by atoms with van der Waals surface area (Å²) >= 11 is 0. The third-order valence-corrected chi connectivity index (χ3v) is 5.47. The number of hydrogen-bond donors (Lipinski definition) is 0. The van der Waals surface area contributed by atoms with Crippen molar-refractivity contribution in [3.05, 3.63) is 29.3 Å². The van der Waals surface area contributed by atoms with Crippen molar-refractivity contribution in [2.24, 2.45) is 5.92 Å². The van der Waals surface area contributed by atoms with Crippen molar-refractivity contribution < 1.29 is 9.53 Å². The lowest BCUT2D eigenvalue weighted by Crippen LogP contribution is -2.59. The number of hydrogen-bond acceptors (Lipinski definition) is 3. The van der Waals surface area contributed by atoms with Gasteiger partial charge in [0.05, 0.1) is 7.11 Å². The molecule has 112 valence electrons. The van der Waals surface area contributed by atoms with E-state index in [-0.39, 0.29) is 5.91 Å². The summed E-state index contributed by atoms with van der Waals surface area (Å²) in [6.45, 7) is 4.33. The molecule has 4 nitrogen and oxygen atoms in total. The summed E-state index contributed by atoms with van der Waals surface area (Å²) in [5.74, 6) is 1.76. The van der Waals surface area contributed by atoms with Gasteiger partial charge in [0.15, 0.2) is 0 Å². The van der Waals surface area contributed by atoms with Crippen LogP contribution < -0.4 is 4.74 Å². The van der Waals surface area contributed by atoms with Gasteiger partial charge in [0.2, 0.25) is 0 Å². The molecule has 0 saturated carbocycles. The molecule has 1 aromatic carbocycles. The number of carbonyl (C=O) groups excluding carboxylic acids is 1. The maximum Gasteiger partial charge on any atom is 0.254 e. The van der Waals surface area contributed by atoms with E-state index in [1.54, 1.807) is 7.11 Å². The molecule has 3 fully saturated rings. The number of benzene rings is 1. The number of rotatable bonds is 2. The molecule has 2 bridgehead atoms. The molecule has 0 aliphatic carbocycles. The first kappa shape index (κ1) is 13.1. The molecule has 5 rings (SSSR count). The van der Waals surface area contributed by atoms with Crippen LogP contribution in [0, 0.1) is 5.92 Å². The number of piperidine rings is 3. The fourth-order valence-electron chi connectivity index (χ4n) is 4.31. The smallest absolute Gasteiger partial charge is 0.254 e. The molecular weight excluding hydrogens is 264 g/mol. The van der Waals surface area contributed by atoms with Crippen LogP contribution in [0.4, 0.5) is 0 Å². The van der Waals surface area contributed by atoms with Crippen LogP contribution in [0.2, 0.25) is 0 Å². The van der Waals surface area contributed by atoms with Crippen molar-refractivity contribution in [1.82, 2.24) is 9.80 Å². The summed E-state index contributed by atoms with van der Waals surface area (Å²) in [6, 6.07) is 6.25. The van der Waals surface area contributed by atoms with Crippen molar-refractivity contribution in [3.63, 3.8) is 0 Å². The first-order chi connectivity index (χ1) is 10.3. The van der Waals surface area contributed by atoms with E-state index < -0.39 is 0 Å². The molecule has 0 spiro atoms. The lowest BCUT2D eigenvalue weighted by molar-refractivity contribution is 0.00596. The minimum atomic E-state index is 0.203. The van der Waals surface area contributed by atoms with Gasteiger partial charge in [0.1, 0.15) is 5.75 Å². The third kappa shape index (κ3) is 2.04. The van der Waals surface area contributed by atoms with Crippen LogP contribution in [0.5, 0.6) is 5.75 Å². The summed E-state index contributed by atoms with van der Waals surface area (Å²) in [6.07, 6.45) is 3.41. The molecule has 21 heavy (non-hydrogen) atoms. The predicted molar refractivity (Wildman–Crippen MR) is 80.7 cm³/mol. The quantitative estimate of drug-likeness (QED) is 0.831. The Morgan fingerprint density at radius 1 is 1.19 bits per heavy atom. The van der Waals surface area contributed by atoms with E-state index in [0.29, 0.717) is 12.0 Å². The Morgan fingerprint density at radius 3 is 2.67 bits per heavy atom. The maximum absolute atomic E-state index is 12.9. The van der Waals surface area contributed by atoms with Crippen molar-refractivity contribution in [2.45, 2.75) is 25.3 Å². The van der Waals surface area contributed by atoms with E-state index in [9.17, 15) is 4.79 Å². The molecule has 1 atom stereocenters. The summed E-state index contributed by atoms with van der Waals surface area (Å²) in [5, 5.41) is 0. The lowest BCUT2D eigenvalue weighted by Gasteiger charge is -2.50. The highest BCUT2D eigenvalue weighted by Crippen LogP contribution is 2.35. The summed E-state index contributed by atoms with van der Waals surface area (Å²) in [7, 11) is 1.68. The summed E-state index contributed by atoms with van der Waals surface area (Å²) < 4.78 is 5.41. The molecule has 0 radical (unpaired) electrons. The zero-order chi connectivity index (χ0) is 14.4. The molecule has 1 unspecified atom stereocenters. The van der Waals surface area contributed by atoms with Crippen molar-refractivity contribution in [3.8, 4) is 5.75 Å². The van der Waals surface area contributed by atoms with E-state index >= 15 is 0 Å². The van der Waals surface area contributed by atoms with Crippen molar-refractivity contribution in [2.75, 3.05) is 33.3 Å². The van der Waals surface area contributed by atoms with Crippen molar-refractivity contribution >= 4 is 5.91 Å². The highest BCUT2D eigenvalue weighted by molar-refractivity contribution is 5.97. The molecule has 4 heterocycles. The van der Waals surface area contributed by atoms with Gasteiger partial charge >= 0.3 is 0 Å². The second-order valence-electron chi connectivity index (χ2n) is 6.44. The summed E-state index contributed by atoms with van der Waals surface area (Å²) in [5.41, 5.74) is 1.93.